The molecule has 1 amide bonds. The second-order valence-electron chi connectivity index (χ2n) is 8.19. The van der Waals surface area contributed by atoms with E-state index in [1.165, 1.54) is 5.56 Å². The van der Waals surface area contributed by atoms with Crippen molar-refractivity contribution in [3.63, 3.8) is 0 Å². The fraction of sp³-hybridized carbons (Fsp3) is 0.269. The van der Waals surface area contributed by atoms with Crippen LogP contribution in [-0.4, -0.2) is 21.9 Å². The second kappa shape index (κ2) is 10.0. The molecule has 0 bridgehead atoms. The standard InChI is InChI=1S/C26H30N4O/c1-18(2)24-10-6-22(7-11-24)14-19(3)16-27-28-26(31)25-12-8-23(9-13-25)17-30-21(5)15-20(4)29-30/h6-16,18H,17H2,1-5H3,(H,28,31)/b19-14+,27-16+. The quantitative estimate of drug-likeness (QED) is 0.410. The highest BCUT2D eigenvalue weighted by molar-refractivity contribution is 5.95. The molecule has 0 unspecified atom stereocenters. The summed E-state index contributed by atoms with van der Waals surface area (Å²) in [4.78, 5) is 12.4. The fourth-order valence-corrected chi connectivity index (χ4v) is 3.30. The third kappa shape index (κ3) is 6.25. The molecule has 0 aliphatic rings. The predicted octanol–water partition coefficient (Wildman–Crippen LogP) is 5.49. The number of carbonyl (C=O) groups excluding carboxylic acids is 1. The van der Waals surface area contributed by atoms with Gasteiger partial charge in [-0.3, -0.25) is 9.48 Å². The fourth-order valence-electron chi connectivity index (χ4n) is 3.30. The number of aromatic nitrogens is 2. The van der Waals surface area contributed by atoms with Crippen LogP contribution >= 0.6 is 0 Å². The average molecular weight is 415 g/mol. The molecule has 0 fully saturated rings. The van der Waals surface area contributed by atoms with Crippen LogP contribution in [0.5, 0.6) is 0 Å². The van der Waals surface area contributed by atoms with Crippen LogP contribution in [0.3, 0.4) is 0 Å². The Morgan fingerprint density at radius 2 is 1.77 bits per heavy atom. The number of amides is 1. The van der Waals surface area contributed by atoms with Gasteiger partial charge < -0.3 is 0 Å². The highest BCUT2D eigenvalue weighted by atomic mass is 16.2. The molecular formula is C26H30N4O. The molecule has 160 valence electrons. The largest absolute Gasteiger partial charge is 0.271 e. The van der Waals surface area contributed by atoms with E-state index in [-0.39, 0.29) is 5.91 Å². The van der Waals surface area contributed by atoms with Crippen molar-refractivity contribution >= 4 is 18.2 Å². The van der Waals surface area contributed by atoms with Crippen LogP contribution < -0.4 is 5.43 Å². The molecule has 0 spiro atoms. The first kappa shape index (κ1) is 22.2. The van der Waals surface area contributed by atoms with E-state index in [0.29, 0.717) is 18.0 Å². The molecule has 1 aromatic heterocycles. The van der Waals surface area contributed by atoms with E-state index in [0.717, 1.165) is 28.1 Å². The molecule has 5 nitrogen and oxygen atoms in total. The van der Waals surface area contributed by atoms with Gasteiger partial charge >= 0.3 is 0 Å². The topological polar surface area (TPSA) is 59.3 Å². The molecule has 0 aliphatic carbocycles. The van der Waals surface area contributed by atoms with Crippen LogP contribution in [0, 0.1) is 13.8 Å². The van der Waals surface area contributed by atoms with Gasteiger partial charge in [0.25, 0.3) is 5.91 Å². The maximum absolute atomic E-state index is 12.4. The Morgan fingerprint density at radius 1 is 1.10 bits per heavy atom. The SMILES string of the molecule is CC(/C=N/NC(=O)c1ccc(Cn2nc(C)cc2C)cc1)=C\c1ccc(C(C)C)cc1. The number of rotatable bonds is 7. The van der Waals surface area contributed by atoms with E-state index in [2.05, 4.69) is 59.8 Å². The third-order valence-electron chi connectivity index (χ3n) is 5.08. The van der Waals surface area contributed by atoms with Crippen molar-refractivity contribution in [2.45, 2.75) is 47.1 Å². The second-order valence-corrected chi connectivity index (χ2v) is 8.19. The number of hydrogen-bond donors (Lipinski definition) is 1. The van der Waals surface area contributed by atoms with Gasteiger partial charge in [0.15, 0.2) is 0 Å². The van der Waals surface area contributed by atoms with Crippen molar-refractivity contribution in [3.8, 4) is 0 Å². The Morgan fingerprint density at radius 3 is 2.35 bits per heavy atom. The Hall–Kier alpha value is -3.47. The van der Waals surface area contributed by atoms with Crippen LogP contribution in [0.1, 0.15) is 65.1 Å². The number of nitrogens with one attached hydrogen (secondary N) is 1. The molecule has 0 radical (unpaired) electrons. The predicted molar refractivity (Wildman–Crippen MR) is 127 cm³/mol. The van der Waals surface area contributed by atoms with Gasteiger partial charge in [0.05, 0.1) is 18.5 Å². The Bertz CT molecular complexity index is 1090. The summed E-state index contributed by atoms with van der Waals surface area (Å²) < 4.78 is 1.96. The number of hydrogen-bond acceptors (Lipinski definition) is 3. The molecule has 0 atom stereocenters. The zero-order valence-electron chi connectivity index (χ0n) is 18.9. The van der Waals surface area contributed by atoms with Crippen molar-refractivity contribution in [1.29, 1.82) is 0 Å². The van der Waals surface area contributed by atoms with Crippen molar-refractivity contribution < 1.29 is 4.79 Å². The number of aryl methyl sites for hydroxylation is 2. The van der Waals surface area contributed by atoms with E-state index in [1.54, 1.807) is 6.21 Å². The molecule has 2 aromatic carbocycles. The molecule has 1 heterocycles. The summed E-state index contributed by atoms with van der Waals surface area (Å²) in [5.41, 5.74) is 9.76. The molecule has 31 heavy (non-hydrogen) atoms. The lowest BCUT2D eigenvalue weighted by atomic mass is 10.0. The van der Waals surface area contributed by atoms with E-state index in [4.69, 9.17) is 0 Å². The van der Waals surface area contributed by atoms with E-state index in [9.17, 15) is 4.79 Å². The van der Waals surface area contributed by atoms with Crippen LogP contribution in [0.25, 0.3) is 6.08 Å². The van der Waals surface area contributed by atoms with Gasteiger partial charge in [0.1, 0.15) is 0 Å². The molecule has 0 saturated heterocycles. The van der Waals surface area contributed by atoms with Crippen LogP contribution in [0.2, 0.25) is 0 Å². The zero-order chi connectivity index (χ0) is 22.4. The number of hydrazone groups is 1. The van der Waals surface area contributed by atoms with Gasteiger partial charge in [0, 0.05) is 11.3 Å². The molecular weight excluding hydrogens is 384 g/mol. The molecule has 5 heteroatoms. The maximum atomic E-state index is 12.4. The number of nitrogens with zero attached hydrogens (tertiary/aromatic N) is 3. The summed E-state index contributed by atoms with van der Waals surface area (Å²) in [6.07, 6.45) is 3.69. The van der Waals surface area contributed by atoms with Crippen molar-refractivity contribution in [2.75, 3.05) is 0 Å². The molecule has 3 aromatic rings. The van der Waals surface area contributed by atoms with Gasteiger partial charge in [-0.2, -0.15) is 10.2 Å². The summed E-state index contributed by atoms with van der Waals surface area (Å²) in [6.45, 7) is 11.0. The maximum Gasteiger partial charge on any atom is 0.271 e. The summed E-state index contributed by atoms with van der Waals surface area (Å²) in [6, 6.07) is 18.0. The van der Waals surface area contributed by atoms with Gasteiger partial charge in [-0.1, -0.05) is 56.3 Å². The van der Waals surface area contributed by atoms with Crippen LogP contribution in [-0.2, 0) is 6.54 Å². The highest BCUT2D eigenvalue weighted by Crippen LogP contribution is 2.16. The van der Waals surface area contributed by atoms with Crippen molar-refractivity contribution in [2.24, 2.45) is 5.10 Å². The first-order valence-corrected chi connectivity index (χ1v) is 10.5. The summed E-state index contributed by atoms with van der Waals surface area (Å²) in [7, 11) is 0. The van der Waals surface area contributed by atoms with Crippen molar-refractivity contribution in [3.05, 3.63) is 93.8 Å². The van der Waals surface area contributed by atoms with Gasteiger partial charge in [-0.15, -0.1) is 0 Å². The minimum absolute atomic E-state index is 0.233. The molecule has 0 aliphatic heterocycles. The normalized spacial score (nSPS) is 12.0. The molecule has 1 N–H and O–H groups in total. The van der Waals surface area contributed by atoms with Gasteiger partial charge in [-0.25, -0.2) is 5.43 Å². The summed E-state index contributed by atoms with van der Waals surface area (Å²) >= 11 is 0. The summed E-state index contributed by atoms with van der Waals surface area (Å²) in [5.74, 6) is 0.284. The number of benzene rings is 2. The van der Waals surface area contributed by atoms with Crippen molar-refractivity contribution in [1.82, 2.24) is 15.2 Å². The van der Waals surface area contributed by atoms with Crippen LogP contribution in [0.4, 0.5) is 0 Å². The Kier molecular flexibility index (Phi) is 7.19. The van der Waals surface area contributed by atoms with E-state index >= 15 is 0 Å². The summed E-state index contributed by atoms with van der Waals surface area (Å²) in [5, 5.41) is 8.56. The average Bonchev–Trinajstić information content (AvgIpc) is 3.05. The van der Waals surface area contributed by atoms with Gasteiger partial charge in [0.2, 0.25) is 0 Å². The third-order valence-corrected chi connectivity index (χ3v) is 5.08. The highest BCUT2D eigenvalue weighted by Gasteiger charge is 2.06. The smallest absolute Gasteiger partial charge is 0.267 e. The van der Waals surface area contributed by atoms with E-state index in [1.807, 2.05) is 55.8 Å². The van der Waals surface area contributed by atoms with Crippen LogP contribution in [0.15, 0.2) is 65.3 Å². The van der Waals surface area contributed by atoms with E-state index < -0.39 is 0 Å². The molecule has 3 rings (SSSR count). The lowest BCUT2D eigenvalue weighted by molar-refractivity contribution is 0.0955. The number of allylic oxidation sites excluding steroid dienone is 1. The Labute approximate surface area is 184 Å². The molecule has 0 saturated carbocycles. The minimum Gasteiger partial charge on any atom is -0.267 e. The Balaban J connectivity index is 1.55. The first-order chi connectivity index (χ1) is 14.8. The van der Waals surface area contributed by atoms with Gasteiger partial charge in [-0.05, 0) is 67.2 Å². The lowest BCUT2D eigenvalue weighted by Crippen LogP contribution is -2.17. The first-order valence-electron chi connectivity index (χ1n) is 10.5. The lowest BCUT2D eigenvalue weighted by Gasteiger charge is -2.06. The monoisotopic (exact) mass is 414 g/mol. The minimum atomic E-state index is -0.233. The zero-order valence-corrected chi connectivity index (χ0v) is 18.9. The number of carbonyl (C=O) groups is 1.